The first-order valence-electron chi connectivity index (χ1n) is 13.1. The van der Waals surface area contributed by atoms with Crippen LogP contribution in [0.3, 0.4) is 0 Å². The molecule has 0 bridgehead atoms. The fourth-order valence-corrected chi connectivity index (χ4v) is 3.70. The molecule has 1 saturated heterocycles. The van der Waals surface area contributed by atoms with Crippen molar-refractivity contribution in [1.29, 1.82) is 0 Å². The number of benzene rings is 1. The zero-order chi connectivity index (χ0) is 28.2. The number of alkyl halides is 1. The van der Waals surface area contributed by atoms with Crippen molar-refractivity contribution < 1.29 is 18.6 Å². The summed E-state index contributed by atoms with van der Waals surface area (Å²) in [7, 11) is 4.41. The van der Waals surface area contributed by atoms with Crippen molar-refractivity contribution in [2.45, 2.75) is 66.2 Å². The lowest BCUT2D eigenvalue weighted by atomic mass is 10.0. The number of methoxy groups -OCH3 is 1. The van der Waals surface area contributed by atoms with Gasteiger partial charge in [0.05, 0.1) is 32.4 Å². The number of rotatable bonds is 7. The van der Waals surface area contributed by atoms with Crippen LogP contribution in [0, 0.1) is 5.82 Å². The van der Waals surface area contributed by atoms with Gasteiger partial charge in [-0.1, -0.05) is 36.3 Å². The third-order valence-electron chi connectivity index (χ3n) is 6.16. The Morgan fingerprint density at radius 2 is 1.76 bits per heavy atom. The summed E-state index contributed by atoms with van der Waals surface area (Å²) in [5, 5.41) is 9.21. The molecular formula is C30H49F2N3O2. The molecule has 5 nitrogen and oxygen atoms in total. The normalized spacial score (nSPS) is 15.1. The second-order valence-electron chi connectivity index (χ2n) is 9.17. The zero-order valence-electron chi connectivity index (χ0n) is 24.0. The molecule has 7 heteroatoms. The molecule has 0 saturated carbocycles. The van der Waals surface area contributed by atoms with Crippen LogP contribution in [-0.2, 0) is 11.2 Å². The van der Waals surface area contributed by atoms with Gasteiger partial charge in [0, 0.05) is 12.1 Å². The molecule has 210 valence electrons. The molecular weight excluding hydrogens is 472 g/mol. The Hall–Kier alpha value is -2.35. The maximum absolute atomic E-state index is 13.8. The monoisotopic (exact) mass is 521 g/mol. The molecule has 0 radical (unpaired) electrons. The highest BCUT2D eigenvalue weighted by molar-refractivity contribution is 5.99. The molecule has 1 aliphatic heterocycles. The smallest absolute Gasteiger partial charge is 0.127 e. The van der Waals surface area contributed by atoms with Crippen LogP contribution in [0.15, 0.2) is 57.9 Å². The number of hydrogen-bond donors (Lipinski definition) is 2. The van der Waals surface area contributed by atoms with Crippen LogP contribution in [0.1, 0.15) is 70.9 Å². The third kappa shape index (κ3) is 14.2. The highest BCUT2D eigenvalue weighted by Gasteiger charge is 2.06. The lowest BCUT2D eigenvalue weighted by molar-refractivity contribution is 0.275. The van der Waals surface area contributed by atoms with Gasteiger partial charge >= 0.3 is 0 Å². The van der Waals surface area contributed by atoms with Crippen molar-refractivity contribution in [2.75, 3.05) is 47.6 Å². The van der Waals surface area contributed by atoms with Gasteiger partial charge in [0.1, 0.15) is 5.82 Å². The lowest BCUT2D eigenvalue weighted by Gasteiger charge is -2.11. The van der Waals surface area contributed by atoms with E-state index in [1.54, 1.807) is 20.1 Å². The molecule has 1 fully saturated rings. The number of aliphatic hydroxyl groups is 1. The van der Waals surface area contributed by atoms with Crippen molar-refractivity contribution in [1.82, 2.24) is 4.90 Å². The van der Waals surface area contributed by atoms with E-state index in [2.05, 4.69) is 36.0 Å². The van der Waals surface area contributed by atoms with Crippen molar-refractivity contribution in [3.63, 3.8) is 0 Å². The quantitative estimate of drug-likeness (QED) is 0.409. The largest absolute Gasteiger partial charge is 0.501 e. The lowest BCUT2D eigenvalue weighted by Crippen LogP contribution is -2.10. The minimum absolute atomic E-state index is 0.118. The summed E-state index contributed by atoms with van der Waals surface area (Å²) >= 11 is 0. The SMILES string of the molecule is CC(=NC(CO)=C(C)C)c1ccc(CCN)c(F)c1.CCC1=CC=C(OC)CC1.CF.CN1CCCC1. The Labute approximate surface area is 223 Å². The van der Waals surface area contributed by atoms with Crippen LogP contribution in [0.25, 0.3) is 0 Å². The van der Waals surface area contributed by atoms with E-state index in [4.69, 9.17) is 10.5 Å². The Balaban J connectivity index is 0.000000593. The second-order valence-corrected chi connectivity index (χ2v) is 9.17. The van der Waals surface area contributed by atoms with Gasteiger partial charge < -0.3 is 20.5 Å². The van der Waals surface area contributed by atoms with Crippen LogP contribution in [-0.4, -0.2) is 63.3 Å². The van der Waals surface area contributed by atoms with Crippen molar-refractivity contribution >= 4 is 5.71 Å². The predicted molar refractivity (Wildman–Crippen MR) is 153 cm³/mol. The van der Waals surface area contributed by atoms with Crippen molar-refractivity contribution in [3.05, 3.63) is 69.9 Å². The van der Waals surface area contributed by atoms with Crippen LogP contribution < -0.4 is 5.73 Å². The van der Waals surface area contributed by atoms with Gasteiger partial charge in [-0.25, -0.2) is 4.39 Å². The maximum Gasteiger partial charge on any atom is 0.127 e. The minimum Gasteiger partial charge on any atom is -0.501 e. The second kappa shape index (κ2) is 20.7. The van der Waals surface area contributed by atoms with Crippen LogP contribution in [0.2, 0.25) is 0 Å². The summed E-state index contributed by atoms with van der Waals surface area (Å²) in [6.45, 7) is 10.7. The minimum atomic E-state index is -0.264. The first-order chi connectivity index (χ1) is 17.7. The van der Waals surface area contributed by atoms with Crippen LogP contribution in [0.4, 0.5) is 8.78 Å². The summed E-state index contributed by atoms with van der Waals surface area (Å²) in [6.07, 6.45) is 11.0. The maximum atomic E-state index is 13.8. The number of nitrogens with two attached hydrogens (primary N) is 1. The van der Waals surface area contributed by atoms with Gasteiger partial charge in [-0.15, -0.1) is 0 Å². The van der Waals surface area contributed by atoms with Crippen molar-refractivity contribution in [2.24, 2.45) is 10.7 Å². The number of halogens is 2. The molecule has 0 spiro atoms. The number of nitrogens with zero attached hydrogens (tertiary/aromatic N) is 2. The molecule has 1 heterocycles. The summed E-state index contributed by atoms with van der Waals surface area (Å²) < 4.78 is 28.4. The van der Waals surface area contributed by atoms with Crippen LogP contribution >= 0.6 is 0 Å². The summed E-state index contributed by atoms with van der Waals surface area (Å²) in [5.41, 5.74) is 10.5. The molecule has 1 aliphatic carbocycles. The summed E-state index contributed by atoms with van der Waals surface area (Å²) in [4.78, 5) is 6.70. The summed E-state index contributed by atoms with van der Waals surface area (Å²) in [6, 6.07) is 5.02. The molecule has 0 unspecified atom stereocenters. The number of aliphatic hydroxyl groups excluding tert-OH is 1. The highest BCUT2D eigenvalue weighted by atomic mass is 19.1. The highest BCUT2D eigenvalue weighted by Crippen LogP contribution is 2.20. The molecule has 37 heavy (non-hydrogen) atoms. The number of likely N-dealkylation sites (tertiary alicyclic amines) is 1. The van der Waals surface area contributed by atoms with E-state index in [9.17, 15) is 13.9 Å². The Bertz CT molecular complexity index is 878. The topological polar surface area (TPSA) is 71.1 Å². The first kappa shape index (κ1) is 34.6. The van der Waals surface area contributed by atoms with Crippen LogP contribution in [0.5, 0.6) is 0 Å². The molecule has 1 aromatic carbocycles. The van der Waals surface area contributed by atoms with E-state index < -0.39 is 0 Å². The van der Waals surface area contributed by atoms with E-state index in [0.29, 0.717) is 42.7 Å². The molecule has 3 N–H and O–H groups in total. The fourth-order valence-electron chi connectivity index (χ4n) is 3.70. The average Bonchev–Trinajstić information content (AvgIpc) is 3.41. The fraction of sp³-hybridized carbons (Fsp3) is 0.567. The number of allylic oxidation sites excluding steroid dienone is 5. The van der Waals surface area contributed by atoms with E-state index in [1.807, 2.05) is 19.9 Å². The van der Waals surface area contributed by atoms with Gasteiger partial charge in [0.2, 0.25) is 0 Å². The Morgan fingerprint density at radius 1 is 1.11 bits per heavy atom. The number of ether oxygens (including phenoxy) is 1. The van der Waals surface area contributed by atoms with E-state index in [0.717, 1.165) is 17.8 Å². The van der Waals surface area contributed by atoms with Gasteiger partial charge in [0.15, 0.2) is 0 Å². The number of aliphatic imine (C=N–C) groups is 1. The van der Waals surface area contributed by atoms with E-state index >= 15 is 0 Å². The van der Waals surface area contributed by atoms with Crippen molar-refractivity contribution in [3.8, 4) is 0 Å². The molecule has 0 amide bonds. The molecule has 0 aromatic heterocycles. The molecule has 2 aliphatic rings. The standard InChI is InChI=1S/C15H21FN2O.C9H14O.C5H11N.CH3F/c1-10(2)15(9-19)18-11(3)13-5-4-12(6-7-17)14(16)8-13;1-3-8-4-6-9(10-2)7-5-8;1-6-4-2-3-5-6;1-2/h4-5,8,19H,6-7,9,17H2,1-3H3;4,6H,3,5,7H2,1-2H3;2-5H2,1H3;1H3. The van der Waals surface area contributed by atoms with Gasteiger partial charge in [-0.05, 0) is 103 Å². The predicted octanol–water partition coefficient (Wildman–Crippen LogP) is 6.37. The average molecular weight is 522 g/mol. The molecule has 3 rings (SSSR count). The van der Waals surface area contributed by atoms with Gasteiger partial charge in [-0.3, -0.25) is 9.38 Å². The summed E-state index contributed by atoms with van der Waals surface area (Å²) in [5.74, 6) is 0.845. The number of hydrogen-bond acceptors (Lipinski definition) is 5. The Kier molecular flexibility index (Phi) is 19.4. The molecule has 1 aromatic rings. The molecule has 0 atom stereocenters. The zero-order valence-corrected chi connectivity index (χ0v) is 24.0. The van der Waals surface area contributed by atoms with Gasteiger partial charge in [0.25, 0.3) is 0 Å². The van der Waals surface area contributed by atoms with E-state index in [-0.39, 0.29) is 12.4 Å². The Morgan fingerprint density at radius 3 is 2.14 bits per heavy atom. The van der Waals surface area contributed by atoms with E-state index in [1.165, 1.54) is 50.4 Å². The third-order valence-corrected chi connectivity index (χ3v) is 6.16. The first-order valence-corrected chi connectivity index (χ1v) is 13.1. The van der Waals surface area contributed by atoms with Gasteiger partial charge in [-0.2, -0.15) is 0 Å².